The predicted octanol–water partition coefficient (Wildman–Crippen LogP) is 2.08. The molecule has 1 N–H and O–H groups in total. The van der Waals surface area contributed by atoms with Crippen LogP contribution in [0.2, 0.25) is 0 Å². The van der Waals surface area contributed by atoms with E-state index in [9.17, 15) is 8.42 Å². The zero-order chi connectivity index (χ0) is 12.3. The van der Waals surface area contributed by atoms with Gasteiger partial charge in [-0.25, -0.2) is 0 Å². The molecular weight excluding hydrogens is 228 g/mol. The van der Waals surface area contributed by atoms with Gasteiger partial charge < -0.3 is 5.11 Å². The van der Waals surface area contributed by atoms with Crippen LogP contribution in [0, 0.1) is 0 Å². The summed E-state index contributed by atoms with van der Waals surface area (Å²) in [5.74, 6) is 0. The van der Waals surface area contributed by atoms with E-state index >= 15 is 0 Å². The van der Waals surface area contributed by atoms with Crippen molar-refractivity contribution >= 4 is 10.1 Å². The van der Waals surface area contributed by atoms with Crippen LogP contribution in [0.25, 0.3) is 0 Å². The smallest absolute Gasteiger partial charge is 0.264 e. The Morgan fingerprint density at radius 1 is 0.875 bits per heavy atom. The highest BCUT2D eigenvalue weighted by molar-refractivity contribution is 7.85. The van der Waals surface area contributed by atoms with Gasteiger partial charge in [0.1, 0.15) is 0 Å². The highest BCUT2D eigenvalue weighted by Gasteiger charge is 2.00. The molecule has 0 aliphatic heterocycles. The van der Waals surface area contributed by atoms with Crippen LogP contribution >= 0.6 is 0 Å². The molecule has 16 heavy (non-hydrogen) atoms. The number of rotatable bonds is 11. The second-order valence-corrected chi connectivity index (χ2v) is 5.72. The Bertz CT molecular complexity index is 236. The van der Waals surface area contributed by atoms with Crippen LogP contribution < -0.4 is 0 Å². The minimum atomic E-state index is -3.26. The van der Waals surface area contributed by atoms with E-state index in [0.717, 1.165) is 38.4 Å². The molecule has 0 atom stereocenters. The largest absolute Gasteiger partial charge is 0.396 e. The number of hydrogen-bond donors (Lipinski definition) is 1. The molecule has 4 nitrogen and oxygen atoms in total. The van der Waals surface area contributed by atoms with Gasteiger partial charge in [-0.2, -0.15) is 8.42 Å². The van der Waals surface area contributed by atoms with Crippen molar-refractivity contribution in [3.05, 3.63) is 0 Å². The Kier molecular flexibility index (Phi) is 9.97. The number of hydrogen-bond acceptors (Lipinski definition) is 4. The summed E-state index contributed by atoms with van der Waals surface area (Å²) in [6, 6.07) is 0. The van der Waals surface area contributed by atoms with E-state index in [1.165, 1.54) is 19.3 Å². The Labute approximate surface area is 99.1 Å². The van der Waals surface area contributed by atoms with Gasteiger partial charge in [-0.15, -0.1) is 0 Å². The Balaban J connectivity index is 3.05. The van der Waals surface area contributed by atoms with E-state index in [-0.39, 0.29) is 0 Å². The molecule has 0 rings (SSSR count). The van der Waals surface area contributed by atoms with Gasteiger partial charge in [-0.3, -0.25) is 4.18 Å². The van der Waals surface area contributed by atoms with Crippen LogP contribution in [-0.2, 0) is 14.3 Å². The first-order valence-electron chi connectivity index (χ1n) is 6.01. The maximum absolute atomic E-state index is 10.6. The minimum Gasteiger partial charge on any atom is -0.396 e. The van der Waals surface area contributed by atoms with Gasteiger partial charge in [-0.05, 0) is 12.8 Å². The minimum absolute atomic E-state index is 0.294. The van der Waals surface area contributed by atoms with Crippen LogP contribution in [0.3, 0.4) is 0 Å². The summed E-state index contributed by atoms with van der Waals surface area (Å²) in [7, 11) is -3.26. The van der Waals surface area contributed by atoms with Crippen LogP contribution in [0.4, 0.5) is 0 Å². The van der Waals surface area contributed by atoms with Gasteiger partial charge in [0, 0.05) is 6.61 Å². The maximum Gasteiger partial charge on any atom is 0.264 e. The molecule has 98 valence electrons. The van der Waals surface area contributed by atoms with E-state index in [2.05, 4.69) is 4.18 Å². The summed E-state index contributed by atoms with van der Waals surface area (Å²) >= 11 is 0. The summed E-state index contributed by atoms with van der Waals surface area (Å²) < 4.78 is 25.9. The van der Waals surface area contributed by atoms with Crippen LogP contribution in [-0.4, -0.2) is 33.0 Å². The van der Waals surface area contributed by atoms with Gasteiger partial charge in [0.25, 0.3) is 10.1 Å². The average Bonchev–Trinajstić information content (AvgIpc) is 2.19. The number of unbranched alkanes of at least 4 members (excludes halogenated alkanes) is 7. The summed E-state index contributed by atoms with van der Waals surface area (Å²) in [6.45, 7) is 0.603. The lowest BCUT2D eigenvalue weighted by atomic mass is 10.1. The van der Waals surface area contributed by atoms with E-state index in [1.54, 1.807) is 0 Å². The van der Waals surface area contributed by atoms with Crippen molar-refractivity contribution in [3.63, 3.8) is 0 Å². The van der Waals surface area contributed by atoms with Crippen molar-refractivity contribution in [2.24, 2.45) is 0 Å². The van der Waals surface area contributed by atoms with Crippen LogP contribution in [0.1, 0.15) is 51.4 Å². The zero-order valence-electron chi connectivity index (χ0n) is 10.2. The first-order valence-corrected chi connectivity index (χ1v) is 7.83. The van der Waals surface area contributed by atoms with Gasteiger partial charge >= 0.3 is 0 Å². The molecule has 0 radical (unpaired) electrons. The monoisotopic (exact) mass is 252 g/mol. The SMILES string of the molecule is CS(=O)(=O)OCCCCCCCCCCO. The number of aliphatic hydroxyl groups is 1. The third kappa shape index (κ3) is 13.9. The molecule has 0 aromatic carbocycles. The predicted molar refractivity (Wildman–Crippen MR) is 64.8 cm³/mol. The van der Waals surface area contributed by atoms with Crippen molar-refractivity contribution in [1.82, 2.24) is 0 Å². The average molecular weight is 252 g/mol. The van der Waals surface area contributed by atoms with Crippen LogP contribution in [0.5, 0.6) is 0 Å². The van der Waals surface area contributed by atoms with Gasteiger partial charge in [0.05, 0.1) is 12.9 Å². The lowest BCUT2D eigenvalue weighted by Gasteiger charge is -2.02. The van der Waals surface area contributed by atoms with E-state index in [4.69, 9.17) is 5.11 Å². The Morgan fingerprint density at radius 3 is 1.75 bits per heavy atom. The van der Waals surface area contributed by atoms with Crippen LogP contribution in [0.15, 0.2) is 0 Å². The molecule has 0 aliphatic rings. The molecule has 0 aliphatic carbocycles. The standard InChI is InChI=1S/C11H24O4S/c1-16(13,14)15-11-9-7-5-3-2-4-6-8-10-12/h12H,2-11H2,1H3. The van der Waals surface area contributed by atoms with E-state index < -0.39 is 10.1 Å². The van der Waals surface area contributed by atoms with Gasteiger partial charge in [0.2, 0.25) is 0 Å². The molecule has 0 aromatic rings. The quantitative estimate of drug-likeness (QED) is 0.451. The summed E-state index contributed by atoms with van der Waals surface area (Å²) in [4.78, 5) is 0. The molecule has 5 heteroatoms. The topological polar surface area (TPSA) is 63.6 Å². The van der Waals surface area contributed by atoms with Gasteiger partial charge in [0.15, 0.2) is 0 Å². The first kappa shape index (κ1) is 15.9. The van der Waals surface area contributed by atoms with E-state index in [1.807, 2.05) is 0 Å². The highest BCUT2D eigenvalue weighted by atomic mass is 32.2. The molecule has 0 saturated carbocycles. The number of aliphatic hydroxyl groups excluding tert-OH is 1. The molecule has 0 amide bonds. The second kappa shape index (κ2) is 10.1. The van der Waals surface area contributed by atoms with Crippen molar-refractivity contribution in [2.75, 3.05) is 19.5 Å². The molecule has 0 heterocycles. The summed E-state index contributed by atoms with van der Waals surface area (Å²) in [5, 5.41) is 8.57. The zero-order valence-corrected chi connectivity index (χ0v) is 11.0. The molecular formula is C11H24O4S. The lowest BCUT2D eigenvalue weighted by Crippen LogP contribution is -2.03. The molecule has 0 fully saturated rings. The molecule has 0 saturated heterocycles. The molecule has 0 aromatic heterocycles. The lowest BCUT2D eigenvalue weighted by molar-refractivity contribution is 0.282. The first-order chi connectivity index (χ1) is 7.56. The summed E-state index contributed by atoms with van der Waals surface area (Å²) in [5.41, 5.74) is 0. The highest BCUT2D eigenvalue weighted by Crippen LogP contribution is 2.08. The normalized spacial score (nSPS) is 11.9. The van der Waals surface area contributed by atoms with Crippen molar-refractivity contribution in [2.45, 2.75) is 51.4 Å². The third-order valence-electron chi connectivity index (χ3n) is 2.35. The molecule has 0 bridgehead atoms. The summed E-state index contributed by atoms with van der Waals surface area (Å²) in [6.07, 6.45) is 9.62. The third-order valence-corrected chi connectivity index (χ3v) is 2.94. The fourth-order valence-corrected chi connectivity index (χ4v) is 1.91. The fraction of sp³-hybridized carbons (Fsp3) is 1.00. The van der Waals surface area contributed by atoms with Crippen molar-refractivity contribution in [3.8, 4) is 0 Å². The van der Waals surface area contributed by atoms with Crippen molar-refractivity contribution in [1.29, 1.82) is 0 Å². The second-order valence-electron chi connectivity index (χ2n) is 4.08. The van der Waals surface area contributed by atoms with E-state index in [0.29, 0.717) is 13.2 Å². The molecule has 0 spiro atoms. The fourth-order valence-electron chi connectivity index (χ4n) is 1.48. The Hall–Kier alpha value is -0.130. The maximum atomic E-state index is 10.6. The Morgan fingerprint density at radius 2 is 1.31 bits per heavy atom. The molecule has 0 unspecified atom stereocenters. The van der Waals surface area contributed by atoms with Gasteiger partial charge in [-0.1, -0.05) is 38.5 Å². The van der Waals surface area contributed by atoms with Crippen molar-refractivity contribution < 1.29 is 17.7 Å².